The quantitative estimate of drug-likeness (QED) is 0.474. The molecule has 0 radical (unpaired) electrons. The molecule has 0 aromatic carbocycles. The second-order valence-electron chi connectivity index (χ2n) is 3.10. The van der Waals surface area contributed by atoms with Crippen molar-refractivity contribution in [2.24, 2.45) is 5.84 Å². The molecule has 0 aliphatic heterocycles. The number of hydrogen-bond donors (Lipinski definition) is 2. The fraction of sp³-hybridized carbons (Fsp3) is 0.375. The van der Waals surface area contributed by atoms with E-state index >= 15 is 0 Å². The normalized spacial score (nSPS) is 12.7. The van der Waals surface area contributed by atoms with Crippen LogP contribution in [0.1, 0.15) is 11.1 Å². The molecular weight excluding hydrogens is 233 g/mol. The largest absolute Gasteiger partial charge is 0.458 e. The van der Waals surface area contributed by atoms with E-state index in [2.05, 4.69) is 4.98 Å². The van der Waals surface area contributed by atoms with Gasteiger partial charge in [0.05, 0.1) is 5.56 Å². The highest BCUT2D eigenvalue weighted by Gasteiger charge is 2.59. The Hall–Kier alpha value is -1.44. The number of rotatable bonds is 2. The number of hydrogen-bond acceptors (Lipinski definition) is 3. The van der Waals surface area contributed by atoms with Crippen molar-refractivity contribution in [2.45, 2.75) is 19.0 Å². The molecule has 1 aromatic heterocycles. The van der Waals surface area contributed by atoms with Gasteiger partial charge in [0.15, 0.2) is 0 Å². The lowest BCUT2D eigenvalue weighted by atomic mass is 10.1. The van der Waals surface area contributed by atoms with Crippen molar-refractivity contribution in [3.05, 3.63) is 23.4 Å². The molecule has 0 atom stereocenters. The van der Waals surface area contributed by atoms with Crippen LogP contribution in [0, 0.1) is 6.92 Å². The summed E-state index contributed by atoms with van der Waals surface area (Å²) in [5.74, 6) is 0.0351. The number of anilines is 1. The number of nitrogen functional groups attached to an aromatic ring is 1. The summed E-state index contributed by atoms with van der Waals surface area (Å²) < 4.78 is 62.1. The van der Waals surface area contributed by atoms with Crippen molar-refractivity contribution in [2.75, 3.05) is 5.43 Å². The summed E-state index contributed by atoms with van der Waals surface area (Å²) in [6.45, 7) is 1.12. The fourth-order valence-corrected chi connectivity index (χ4v) is 1.12. The first-order valence-corrected chi connectivity index (χ1v) is 4.08. The SMILES string of the molecule is Cc1cc(NN)ncc1C(F)(F)C(F)(F)F. The third-order valence-electron chi connectivity index (χ3n) is 1.95. The zero-order chi connectivity index (χ0) is 12.6. The minimum Gasteiger partial charge on any atom is -0.308 e. The maximum Gasteiger partial charge on any atom is 0.458 e. The Balaban J connectivity index is 3.24. The van der Waals surface area contributed by atoms with Crippen molar-refractivity contribution in [1.82, 2.24) is 4.98 Å². The minimum absolute atomic E-state index is 0.0132. The molecule has 0 bridgehead atoms. The molecule has 90 valence electrons. The summed E-state index contributed by atoms with van der Waals surface area (Å²) in [5, 5.41) is 0. The molecule has 0 saturated carbocycles. The van der Waals surface area contributed by atoms with Gasteiger partial charge in [0, 0.05) is 6.20 Å². The smallest absolute Gasteiger partial charge is 0.308 e. The highest BCUT2D eigenvalue weighted by atomic mass is 19.4. The number of nitrogens with one attached hydrogen (secondary N) is 1. The molecule has 16 heavy (non-hydrogen) atoms. The molecule has 3 N–H and O–H groups in total. The Labute approximate surface area is 87.4 Å². The molecule has 0 unspecified atom stereocenters. The third-order valence-corrected chi connectivity index (χ3v) is 1.95. The molecule has 8 heteroatoms. The zero-order valence-corrected chi connectivity index (χ0v) is 8.07. The fourth-order valence-electron chi connectivity index (χ4n) is 1.12. The number of halogens is 5. The Morgan fingerprint density at radius 2 is 1.81 bits per heavy atom. The van der Waals surface area contributed by atoms with Crippen LogP contribution in [-0.4, -0.2) is 11.2 Å². The maximum absolute atomic E-state index is 12.9. The molecule has 3 nitrogen and oxygen atoms in total. The van der Waals surface area contributed by atoms with Gasteiger partial charge < -0.3 is 5.43 Å². The van der Waals surface area contributed by atoms with Gasteiger partial charge in [-0.2, -0.15) is 22.0 Å². The van der Waals surface area contributed by atoms with Gasteiger partial charge in [-0.1, -0.05) is 0 Å². The molecule has 0 aliphatic rings. The highest BCUT2D eigenvalue weighted by Crippen LogP contribution is 2.44. The molecule has 1 aromatic rings. The van der Waals surface area contributed by atoms with Crippen molar-refractivity contribution >= 4 is 5.82 Å². The topological polar surface area (TPSA) is 50.9 Å². The first-order chi connectivity index (χ1) is 7.20. The minimum atomic E-state index is -5.64. The molecular formula is C8H8F5N3. The lowest BCUT2D eigenvalue weighted by molar-refractivity contribution is -0.289. The van der Waals surface area contributed by atoms with E-state index in [1.54, 1.807) is 0 Å². The van der Waals surface area contributed by atoms with Gasteiger partial charge in [-0.3, -0.25) is 0 Å². The van der Waals surface area contributed by atoms with E-state index in [0.29, 0.717) is 6.20 Å². The van der Waals surface area contributed by atoms with Crippen LogP contribution < -0.4 is 11.3 Å². The number of alkyl halides is 5. The number of nitrogens with zero attached hydrogens (tertiary/aromatic N) is 1. The van der Waals surface area contributed by atoms with Crippen LogP contribution in [0.4, 0.5) is 27.8 Å². The van der Waals surface area contributed by atoms with Crippen molar-refractivity contribution in [1.29, 1.82) is 0 Å². The second kappa shape index (κ2) is 3.85. The predicted octanol–water partition coefficient (Wildman–Crippen LogP) is 2.33. The molecule has 1 rings (SSSR count). The van der Waals surface area contributed by atoms with E-state index in [-0.39, 0.29) is 11.4 Å². The van der Waals surface area contributed by atoms with E-state index in [1.807, 2.05) is 5.43 Å². The first kappa shape index (κ1) is 12.6. The first-order valence-electron chi connectivity index (χ1n) is 4.08. The molecule has 0 spiro atoms. The van der Waals surface area contributed by atoms with Crippen molar-refractivity contribution in [3.63, 3.8) is 0 Å². The van der Waals surface area contributed by atoms with Crippen molar-refractivity contribution < 1.29 is 22.0 Å². The second-order valence-corrected chi connectivity index (χ2v) is 3.10. The van der Waals surface area contributed by atoms with Crippen LogP contribution in [-0.2, 0) is 5.92 Å². The summed E-state index contributed by atoms with van der Waals surface area (Å²) >= 11 is 0. The number of aromatic nitrogens is 1. The molecule has 1 heterocycles. The monoisotopic (exact) mass is 241 g/mol. The van der Waals surface area contributed by atoms with Crippen LogP contribution in [0.15, 0.2) is 12.3 Å². The summed E-state index contributed by atoms with van der Waals surface area (Å²) in [6, 6.07) is 1.01. The van der Waals surface area contributed by atoms with Crippen LogP contribution in [0.3, 0.4) is 0 Å². The van der Waals surface area contributed by atoms with E-state index in [9.17, 15) is 22.0 Å². The maximum atomic E-state index is 12.9. The summed E-state index contributed by atoms with van der Waals surface area (Å²) in [4.78, 5) is 3.32. The lowest BCUT2D eigenvalue weighted by Gasteiger charge is -2.21. The van der Waals surface area contributed by atoms with E-state index in [1.165, 1.54) is 0 Å². The van der Waals surface area contributed by atoms with E-state index < -0.39 is 17.7 Å². The summed E-state index contributed by atoms with van der Waals surface area (Å²) in [5.41, 5.74) is 0.621. The Morgan fingerprint density at radius 3 is 2.19 bits per heavy atom. The number of aryl methyl sites for hydroxylation is 1. The van der Waals surface area contributed by atoms with Gasteiger partial charge in [-0.25, -0.2) is 10.8 Å². The third kappa shape index (κ3) is 2.06. The average molecular weight is 241 g/mol. The van der Waals surface area contributed by atoms with Gasteiger partial charge in [0.1, 0.15) is 5.82 Å². The molecule has 0 aliphatic carbocycles. The Bertz CT molecular complexity index is 388. The van der Waals surface area contributed by atoms with Gasteiger partial charge >= 0.3 is 12.1 Å². The standard InChI is InChI=1S/C8H8F5N3/c1-4-2-6(16-14)15-3-5(4)7(9,10)8(11,12)13/h2-3H,14H2,1H3,(H,15,16). The average Bonchev–Trinajstić information content (AvgIpc) is 2.15. The van der Waals surface area contributed by atoms with Crippen LogP contribution in [0.25, 0.3) is 0 Å². The Morgan fingerprint density at radius 1 is 1.25 bits per heavy atom. The van der Waals surface area contributed by atoms with Gasteiger partial charge in [-0.15, -0.1) is 0 Å². The van der Waals surface area contributed by atoms with Gasteiger partial charge in [0.25, 0.3) is 0 Å². The van der Waals surface area contributed by atoms with Crippen LogP contribution >= 0.6 is 0 Å². The van der Waals surface area contributed by atoms with Crippen LogP contribution in [0.5, 0.6) is 0 Å². The zero-order valence-electron chi connectivity index (χ0n) is 8.07. The van der Waals surface area contributed by atoms with Crippen LogP contribution in [0.2, 0.25) is 0 Å². The van der Waals surface area contributed by atoms with Gasteiger partial charge in [-0.05, 0) is 18.6 Å². The van der Waals surface area contributed by atoms with E-state index in [0.717, 1.165) is 13.0 Å². The van der Waals surface area contributed by atoms with Gasteiger partial charge in [0.2, 0.25) is 0 Å². The number of nitrogens with two attached hydrogens (primary N) is 1. The predicted molar refractivity (Wildman–Crippen MR) is 46.7 cm³/mol. The number of hydrazine groups is 1. The summed E-state index contributed by atoms with van der Waals surface area (Å²) in [6.07, 6.45) is -5.19. The molecule has 0 saturated heterocycles. The molecule has 0 fully saturated rings. The lowest BCUT2D eigenvalue weighted by Crippen LogP contribution is -2.34. The Kier molecular flexibility index (Phi) is 3.04. The number of pyridine rings is 1. The molecule has 0 amide bonds. The highest BCUT2D eigenvalue weighted by molar-refractivity contribution is 5.41. The van der Waals surface area contributed by atoms with Crippen molar-refractivity contribution in [3.8, 4) is 0 Å². The van der Waals surface area contributed by atoms with E-state index in [4.69, 9.17) is 5.84 Å². The summed E-state index contributed by atoms with van der Waals surface area (Å²) in [7, 11) is 0.